The van der Waals surface area contributed by atoms with Crippen molar-refractivity contribution in [3.8, 4) is 5.75 Å². The fourth-order valence-corrected chi connectivity index (χ4v) is 4.35. The van der Waals surface area contributed by atoms with E-state index in [1.54, 1.807) is 12.0 Å². The zero-order chi connectivity index (χ0) is 18.1. The number of thiocarbonyl (C=S) groups is 1. The van der Waals surface area contributed by atoms with Gasteiger partial charge in [0.05, 0.1) is 17.7 Å². The lowest BCUT2D eigenvalue weighted by Crippen LogP contribution is -2.28. The fourth-order valence-electron chi connectivity index (χ4n) is 2.69. The Morgan fingerprint density at radius 2 is 1.96 bits per heavy atom. The molecule has 1 fully saturated rings. The maximum absolute atomic E-state index is 12.9. The molecule has 3 nitrogen and oxygen atoms in total. The summed E-state index contributed by atoms with van der Waals surface area (Å²) in [6.07, 6.45) is 1.83. The molecule has 0 N–H and O–H groups in total. The minimum atomic E-state index is -0.107. The molecule has 0 saturated carbocycles. The molecule has 0 radical (unpaired) electrons. The van der Waals surface area contributed by atoms with E-state index in [2.05, 4.69) is 22.0 Å². The molecule has 0 bridgehead atoms. The molecule has 1 heterocycles. The third-order valence-electron chi connectivity index (χ3n) is 3.87. The second-order valence-corrected chi connectivity index (χ2v) is 8.28. The minimum absolute atomic E-state index is 0.107. The van der Waals surface area contributed by atoms with Crippen LogP contribution < -0.4 is 9.64 Å². The number of carbonyl (C=O) groups excluding carboxylic acids is 1. The van der Waals surface area contributed by atoms with E-state index in [1.807, 2.05) is 50.3 Å². The Morgan fingerprint density at radius 1 is 1.20 bits per heavy atom. The van der Waals surface area contributed by atoms with E-state index >= 15 is 0 Å². The predicted octanol–water partition coefficient (Wildman–Crippen LogP) is 5.48. The molecule has 1 saturated heterocycles. The summed E-state index contributed by atoms with van der Waals surface area (Å²) in [7, 11) is 1.61. The van der Waals surface area contributed by atoms with Crippen LogP contribution in [0.3, 0.4) is 0 Å². The van der Waals surface area contributed by atoms with Crippen molar-refractivity contribution in [3.05, 3.63) is 62.5 Å². The summed E-state index contributed by atoms with van der Waals surface area (Å²) < 4.78 is 6.84. The predicted molar refractivity (Wildman–Crippen MR) is 112 cm³/mol. The van der Waals surface area contributed by atoms with Crippen LogP contribution in [0.15, 0.2) is 45.8 Å². The number of ether oxygens (including phenoxy) is 1. The van der Waals surface area contributed by atoms with Crippen molar-refractivity contribution in [3.63, 3.8) is 0 Å². The maximum atomic E-state index is 12.9. The average Bonchev–Trinajstić information content (AvgIpc) is 2.82. The van der Waals surface area contributed by atoms with Crippen molar-refractivity contribution >= 4 is 61.9 Å². The number of rotatable bonds is 3. The van der Waals surface area contributed by atoms with Gasteiger partial charge in [-0.05, 0) is 49.8 Å². The van der Waals surface area contributed by atoms with Crippen molar-refractivity contribution in [2.45, 2.75) is 13.8 Å². The van der Waals surface area contributed by atoms with Gasteiger partial charge in [0.15, 0.2) is 4.32 Å². The Labute approximate surface area is 165 Å². The minimum Gasteiger partial charge on any atom is -0.496 e. The van der Waals surface area contributed by atoms with Crippen LogP contribution in [0.4, 0.5) is 5.69 Å². The fraction of sp³-hybridized carbons (Fsp3) is 0.158. The SMILES string of the molecule is COc1ccc(Br)cc1/C=C1/SC(=S)N(c2ccc(C)cc2C)C1=O. The van der Waals surface area contributed by atoms with Gasteiger partial charge in [-0.2, -0.15) is 0 Å². The maximum Gasteiger partial charge on any atom is 0.270 e. The second kappa shape index (κ2) is 7.32. The molecule has 0 atom stereocenters. The molecule has 3 rings (SSSR count). The summed E-state index contributed by atoms with van der Waals surface area (Å²) in [5, 5.41) is 0. The summed E-state index contributed by atoms with van der Waals surface area (Å²) in [6.45, 7) is 4.02. The first-order chi connectivity index (χ1) is 11.9. The molecule has 2 aromatic carbocycles. The lowest BCUT2D eigenvalue weighted by atomic mass is 10.1. The summed E-state index contributed by atoms with van der Waals surface area (Å²) in [5.41, 5.74) is 3.84. The molecule has 0 aromatic heterocycles. The Kier molecular flexibility index (Phi) is 5.32. The second-order valence-electron chi connectivity index (χ2n) is 5.69. The number of hydrogen-bond acceptors (Lipinski definition) is 4. The molecule has 128 valence electrons. The molecule has 0 aliphatic carbocycles. The number of carbonyl (C=O) groups is 1. The molecular weight excluding hydrogens is 418 g/mol. The van der Waals surface area contributed by atoms with Gasteiger partial charge >= 0.3 is 0 Å². The first-order valence-corrected chi connectivity index (χ1v) is 9.61. The van der Waals surface area contributed by atoms with E-state index in [4.69, 9.17) is 17.0 Å². The highest BCUT2D eigenvalue weighted by Crippen LogP contribution is 2.38. The van der Waals surface area contributed by atoms with Gasteiger partial charge in [0, 0.05) is 10.0 Å². The van der Waals surface area contributed by atoms with E-state index in [-0.39, 0.29) is 5.91 Å². The van der Waals surface area contributed by atoms with Crippen molar-refractivity contribution in [2.24, 2.45) is 0 Å². The summed E-state index contributed by atoms with van der Waals surface area (Å²) >= 11 is 10.2. The van der Waals surface area contributed by atoms with Crippen LogP contribution in [0.25, 0.3) is 6.08 Å². The van der Waals surface area contributed by atoms with Gasteiger partial charge in [-0.3, -0.25) is 9.69 Å². The van der Waals surface area contributed by atoms with Crippen molar-refractivity contribution in [1.82, 2.24) is 0 Å². The van der Waals surface area contributed by atoms with Crippen LogP contribution in [0.1, 0.15) is 16.7 Å². The number of aryl methyl sites for hydroxylation is 2. The molecule has 25 heavy (non-hydrogen) atoms. The van der Waals surface area contributed by atoms with Crippen LogP contribution in [0.2, 0.25) is 0 Å². The Hall–Kier alpha value is -1.63. The van der Waals surface area contributed by atoms with Gasteiger partial charge in [0.1, 0.15) is 5.75 Å². The van der Waals surface area contributed by atoms with E-state index in [0.717, 1.165) is 26.9 Å². The first-order valence-electron chi connectivity index (χ1n) is 7.59. The van der Waals surface area contributed by atoms with Gasteiger partial charge in [-0.1, -0.05) is 57.6 Å². The van der Waals surface area contributed by atoms with Crippen molar-refractivity contribution < 1.29 is 9.53 Å². The van der Waals surface area contributed by atoms with Gasteiger partial charge in [-0.15, -0.1) is 0 Å². The third-order valence-corrected chi connectivity index (χ3v) is 5.66. The monoisotopic (exact) mass is 433 g/mol. The number of hydrogen-bond donors (Lipinski definition) is 0. The molecule has 1 amide bonds. The topological polar surface area (TPSA) is 29.5 Å². The van der Waals surface area contributed by atoms with Gasteiger partial charge in [0.25, 0.3) is 5.91 Å². The number of amides is 1. The first kappa shape index (κ1) is 18.2. The van der Waals surface area contributed by atoms with Crippen molar-refractivity contribution in [2.75, 3.05) is 12.0 Å². The number of halogens is 1. The van der Waals surface area contributed by atoms with E-state index in [0.29, 0.717) is 15.0 Å². The summed E-state index contributed by atoms with van der Waals surface area (Å²) in [4.78, 5) is 15.1. The number of nitrogens with zero attached hydrogens (tertiary/aromatic N) is 1. The van der Waals surface area contributed by atoms with E-state index < -0.39 is 0 Å². The zero-order valence-corrected chi connectivity index (χ0v) is 17.2. The van der Waals surface area contributed by atoms with Crippen LogP contribution in [0, 0.1) is 13.8 Å². The molecule has 2 aromatic rings. The molecule has 1 aliphatic heterocycles. The highest BCUT2D eigenvalue weighted by Gasteiger charge is 2.34. The normalized spacial score (nSPS) is 16.0. The highest BCUT2D eigenvalue weighted by atomic mass is 79.9. The average molecular weight is 434 g/mol. The lowest BCUT2D eigenvalue weighted by Gasteiger charge is -2.17. The number of thioether (sulfide) groups is 1. The Balaban J connectivity index is 2.00. The van der Waals surface area contributed by atoms with Gasteiger partial charge in [0.2, 0.25) is 0 Å². The van der Waals surface area contributed by atoms with Gasteiger partial charge < -0.3 is 4.74 Å². The molecule has 0 unspecified atom stereocenters. The van der Waals surface area contributed by atoms with Crippen LogP contribution in [-0.4, -0.2) is 17.3 Å². The molecule has 0 spiro atoms. The molecule has 1 aliphatic rings. The van der Waals surface area contributed by atoms with Crippen LogP contribution in [0.5, 0.6) is 5.75 Å². The number of anilines is 1. The standard InChI is InChI=1S/C19H16BrNO2S2/c1-11-4-6-15(12(2)8-11)21-18(22)17(25-19(21)24)10-13-9-14(20)5-7-16(13)23-3/h4-10H,1-3H3/b17-10+. The zero-order valence-electron chi connectivity index (χ0n) is 14.0. The Morgan fingerprint density at radius 3 is 2.64 bits per heavy atom. The summed E-state index contributed by atoms with van der Waals surface area (Å²) in [6, 6.07) is 11.7. The van der Waals surface area contributed by atoms with Crippen LogP contribution in [-0.2, 0) is 4.79 Å². The largest absolute Gasteiger partial charge is 0.496 e. The quantitative estimate of drug-likeness (QED) is 0.473. The van der Waals surface area contributed by atoms with E-state index in [1.165, 1.54) is 11.8 Å². The highest BCUT2D eigenvalue weighted by molar-refractivity contribution is 9.10. The van der Waals surface area contributed by atoms with Crippen molar-refractivity contribution in [1.29, 1.82) is 0 Å². The van der Waals surface area contributed by atoms with E-state index in [9.17, 15) is 4.79 Å². The lowest BCUT2D eigenvalue weighted by molar-refractivity contribution is -0.113. The number of methoxy groups -OCH3 is 1. The summed E-state index contributed by atoms with van der Waals surface area (Å²) in [5.74, 6) is 0.601. The molecular formula is C19H16BrNO2S2. The number of benzene rings is 2. The Bertz CT molecular complexity index is 908. The third kappa shape index (κ3) is 3.66. The van der Waals surface area contributed by atoms with Gasteiger partial charge in [-0.25, -0.2) is 0 Å². The smallest absolute Gasteiger partial charge is 0.270 e. The molecule has 6 heteroatoms. The van der Waals surface area contributed by atoms with Crippen LogP contribution >= 0.6 is 39.9 Å².